The van der Waals surface area contributed by atoms with Crippen LogP contribution in [0.3, 0.4) is 0 Å². The van der Waals surface area contributed by atoms with Gasteiger partial charge in [0.2, 0.25) is 0 Å². The third-order valence-corrected chi connectivity index (χ3v) is 3.28. The van der Waals surface area contributed by atoms with Crippen molar-refractivity contribution in [1.82, 2.24) is 4.98 Å². The summed E-state index contributed by atoms with van der Waals surface area (Å²) in [7, 11) is 0. The predicted octanol–water partition coefficient (Wildman–Crippen LogP) is 3.59. The molecule has 0 aliphatic heterocycles. The van der Waals surface area contributed by atoms with E-state index in [4.69, 9.17) is 10.7 Å². The van der Waals surface area contributed by atoms with Gasteiger partial charge in [0.15, 0.2) is 0 Å². The first-order valence-electron chi connectivity index (χ1n) is 5.72. The molecule has 1 heterocycles. The SMILES string of the molecule is Cc1cccc2c(N)c3cccc(C)c3nc12. The molecule has 84 valence electrons. The van der Waals surface area contributed by atoms with Crippen LogP contribution in [0.15, 0.2) is 36.4 Å². The van der Waals surface area contributed by atoms with Gasteiger partial charge in [-0.3, -0.25) is 0 Å². The molecule has 0 fully saturated rings. The van der Waals surface area contributed by atoms with Crippen molar-refractivity contribution >= 4 is 27.5 Å². The highest BCUT2D eigenvalue weighted by Crippen LogP contribution is 2.30. The van der Waals surface area contributed by atoms with Gasteiger partial charge in [0.05, 0.1) is 16.7 Å². The van der Waals surface area contributed by atoms with Crippen LogP contribution in [-0.4, -0.2) is 4.98 Å². The molecule has 3 aromatic rings. The van der Waals surface area contributed by atoms with E-state index in [1.54, 1.807) is 0 Å². The van der Waals surface area contributed by atoms with Crippen molar-refractivity contribution in [2.45, 2.75) is 13.8 Å². The van der Waals surface area contributed by atoms with Crippen molar-refractivity contribution in [2.75, 3.05) is 5.73 Å². The zero-order valence-electron chi connectivity index (χ0n) is 9.99. The maximum Gasteiger partial charge on any atom is 0.0759 e. The van der Waals surface area contributed by atoms with Crippen molar-refractivity contribution < 1.29 is 0 Å². The second-order valence-electron chi connectivity index (χ2n) is 4.47. The number of para-hydroxylation sites is 2. The summed E-state index contributed by atoms with van der Waals surface area (Å²) >= 11 is 0. The van der Waals surface area contributed by atoms with Crippen LogP contribution in [0.25, 0.3) is 21.8 Å². The average Bonchev–Trinajstić information content (AvgIpc) is 2.32. The zero-order valence-corrected chi connectivity index (χ0v) is 9.99. The summed E-state index contributed by atoms with van der Waals surface area (Å²) in [5.41, 5.74) is 11.4. The van der Waals surface area contributed by atoms with E-state index in [1.807, 2.05) is 24.3 Å². The first kappa shape index (κ1) is 10.1. The van der Waals surface area contributed by atoms with Gasteiger partial charge in [0, 0.05) is 10.8 Å². The number of aryl methyl sites for hydroxylation is 2. The van der Waals surface area contributed by atoms with E-state index in [0.717, 1.165) is 27.5 Å². The number of pyridine rings is 1. The third kappa shape index (κ3) is 1.37. The number of hydrogen-bond donors (Lipinski definition) is 1. The quantitative estimate of drug-likeness (QED) is 0.590. The summed E-state index contributed by atoms with van der Waals surface area (Å²) in [6.45, 7) is 4.14. The van der Waals surface area contributed by atoms with Crippen LogP contribution in [-0.2, 0) is 0 Å². The van der Waals surface area contributed by atoms with E-state index >= 15 is 0 Å². The van der Waals surface area contributed by atoms with Crippen LogP contribution in [0.4, 0.5) is 5.69 Å². The van der Waals surface area contributed by atoms with Crippen LogP contribution < -0.4 is 5.73 Å². The minimum absolute atomic E-state index is 0.831. The van der Waals surface area contributed by atoms with Crippen LogP contribution >= 0.6 is 0 Å². The minimum atomic E-state index is 0.831. The maximum atomic E-state index is 6.25. The van der Waals surface area contributed by atoms with Crippen molar-refractivity contribution in [3.63, 3.8) is 0 Å². The van der Waals surface area contributed by atoms with Crippen molar-refractivity contribution in [3.05, 3.63) is 47.5 Å². The monoisotopic (exact) mass is 222 g/mol. The molecule has 2 nitrogen and oxygen atoms in total. The van der Waals surface area contributed by atoms with Crippen LogP contribution in [0, 0.1) is 13.8 Å². The Hall–Kier alpha value is -2.09. The van der Waals surface area contributed by atoms with E-state index in [2.05, 4.69) is 26.0 Å². The first-order chi connectivity index (χ1) is 8.18. The summed E-state index contributed by atoms with van der Waals surface area (Å²) in [5, 5.41) is 2.09. The summed E-state index contributed by atoms with van der Waals surface area (Å²) in [4.78, 5) is 4.76. The molecule has 0 amide bonds. The molecule has 0 unspecified atom stereocenters. The fourth-order valence-electron chi connectivity index (χ4n) is 2.31. The normalized spacial score (nSPS) is 11.2. The Bertz CT molecular complexity index is 670. The van der Waals surface area contributed by atoms with Crippen LogP contribution in [0.2, 0.25) is 0 Å². The van der Waals surface area contributed by atoms with Gasteiger partial charge in [-0.1, -0.05) is 36.4 Å². The molecule has 0 bridgehead atoms. The number of anilines is 1. The number of benzene rings is 2. The molecule has 2 N–H and O–H groups in total. The Kier molecular flexibility index (Phi) is 2.05. The summed E-state index contributed by atoms with van der Waals surface area (Å²) in [6, 6.07) is 12.3. The lowest BCUT2D eigenvalue weighted by atomic mass is 10.0. The lowest BCUT2D eigenvalue weighted by molar-refractivity contribution is 1.39. The topological polar surface area (TPSA) is 38.9 Å². The fraction of sp³-hybridized carbons (Fsp3) is 0.133. The number of fused-ring (bicyclic) bond motifs is 2. The number of rotatable bonds is 0. The van der Waals surface area contributed by atoms with Gasteiger partial charge in [-0.2, -0.15) is 0 Å². The van der Waals surface area contributed by atoms with E-state index in [0.29, 0.717) is 0 Å². The van der Waals surface area contributed by atoms with Crippen molar-refractivity contribution in [3.8, 4) is 0 Å². The lowest BCUT2D eigenvalue weighted by Gasteiger charge is -2.09. The summed E-state index contributed by atoms with van der Waals surface area (Å²) < 4.78 is 0. The van der Waals surface area contributed by atoms with Crippen molar-refractivity contribution in [1.29, 1.82) is 0 Å². The Balaban J connectivity index is 2.62. The molecular weight excluding hydrogens is 208 g/mol. The number of nitrogens with two attached hydrogens (primary N) is 1. The standard InChI is InChI=1S/C15H14N2/c1-9-5-3-7-11-13(16)12-8-4-6-10(2)15(12)17-14(9)11/h3-8H,1-2H3,(H2,16,17). The van der Waals surface area contributed by atoms with Gasteiger partial charge >= 0.3 is 0 Å². The smallest absolute Gasteiger partial charge is 0.0759 e. The second kappa shape index (κ2) is 3.45. The summed E-state index contributed by atoms with van der Waals surface area (Å²) in [5.74, 6) is 0. The molecule has 0 saturated heterocycles. The Morgan fingerprint density at radius 3 is 1.76 bits per heavy atom. The number of nitrogens with zero attached hydrogens (tertiary/aromatic N) is 1. The molecule has 3 rings (SSSR count). The van der Waals surface area contributed by atoms with E-state index < -0.39 is 0 Å². The van der Waals surface area contributed by atoms with E-state index in [9.17, 15) is 0 Å². The van der Waals surface area contributed by atoms with Gasteiger partial charge in [-0.05, 0) is 25.0 Å². The molecule has 0 spiro atoms. The molecule has 0 aliphatic carbocycles. The van der Waals surface area contributed by atoms with Crippen LogP contribution in [0.1, 0.15) is 11.1 Å². The van der Waals surface area contributed by atoms with Crippen molar-refractivity contribution in [2.24, 2.45) is 0 Å². The molecule has 2 aromatic carbocycles. The highest BCUT2D eigenvalue weighted by molar-refractivity contribution is 6.07. The van der Waals surface area contributed by atoms with Gasteiger partial charge in [-0.15, -0.1) is 0 Å². The molecule has 0 atom stereocenters. The molecule has 0 radical (unpaired) electrons. The predicted molar refractivity (Wildman–Crippen MR) is 73.1 cm³/mol. The van der Waals surface area contributed by atoms with Gasteiger partial charge < -0.3 is 5.73 Å². The molecule has 2 heteroatoms. The van der Waals surface area contributed by atoms with Gasteiger partial charge in [0.25, 0.3) is 0 Å². The highest BCUT2D eigenvalue weighted by Gasteiger charge is 2.08. The molecule has 17 heavy (non-hydrogen) atoms. The second-order valence-corrected chi connectivity index (χ2v) is 4.47. The Morgan fingerprint density at radius 2 is 1.29 bits per heavy atom. The molecule has 0 saturated carbocycles. The number of nitrogen functional groups attached to an aromatic ring is 1. The van der Waals surface area contributed by atoms with Gasteiger partial charge in [0.1, 0.15) is 0 Å². The van der Waals surface area contributed by atoms with Gasteiger partial charge in [-0.25, -0.2) is 4.98 Å². The largest absolute Gasteiger partial charge is 0.398 e. The third-order valence-electron chi connectivity index (χ3n) is 3.28. The Morgan fingerprint density at radius 1 is 0.824 bits per heavy atom. The minimum Gasteiger partial charge on any atom is -0.398 e. The molecular formula is C15H14N2. The Labute approximate surface area is 100 Å². The lowest BCUT2D eigenvalue weighted by Crippen LogP contribution is -1.95. The number of aromatic nitrogens is 1. The fourth-order valence-corrected chi connectivity index (χ4v) is 2.31. The van der Waals surface area contributed by atoms with Crippen LogP contribution in [0.5, 0.6) is 0 Å². The average molecular weight is 222 g/mol. The highest BCUT2D eigenvalue weighted by atomic mass is 14.7. The first-order valence-corrected chi connectivity index (χ1v) is 5.72. The maximum absolute atomic E-state index is 6.25. The zero-order chi connectivity index (χ0) is 12.0. The molecule has 1 aromatic heterocycles. The van der Waals surface area contributed by atoms with E-state index in [1.165, 1.54) is 11.1 Å². The molecule has 0 aliphatic rings. The number of hydrogen-bond acceptors (Lipinski definition) is 2. The summed E-state index contributed by atoms with van der Waals surface area (Å²) in [6.07, 6.45) is 0. The van der Waals surface area contributed by atoms with E-state index in [-0.39, 0.29) is 0 Å².